The average molecular weight is 299 g/mol. The summed E-state index contributed by atoms with van der Waals surface area (Å²) in [5.41, 5.74) is 3.68. The molecule has 0 amide bonds. The molecule has 0 aromatic heterocycles. The van der Waals surface area contributed by atoms with Crippen molar-refractivity contribution in [3.8, 4) is 0 Å². The van der Waals surface area contributed by atoms with Gasteiger partial charge in [0, 0.05) is 5.56 Å². The first-order valence-corrected chi connectivity index (χ1v) is 7.40. The average Bonchev–Trinajstić information content (AvgIpc) is 2.50. The molecule has 0 saturated heterocycles. The lowest BCUT2D eigenvalue weighted by molar-refractivity contribution is 0.612. The number of rotatable bonds is 2. The quantitative estimate of drug-likeness (QED) is 0.515. The molecule has 0 aliphatic carbocycles. The minimum atomic E-state index is -0.490. The Balaban J connectivity index is 2.20. The second-order valence-electron chi connectivity index (χ2n) is 5.40. The van der Waals surface area contributed by atoms with Gasteiger partial charge in [0.15, 0.2) is 0 Å². The molecule has 0 fully saturated rings. The number of halogens is 2. The molecule has 0 radical (unpaired) electrons. The molecule has 1 atom stereocenters. The zero-order valence-corrected chi connectivity index (χ0v) is 12.8. The maximum absolute atomic E-state index is 14.1. The van der Waals surface area contributed by atoms with Gasteiger partial charge in [0.25, 0.3) is 0 Å². The molecule has 0 N–H and O–H groups in total. The fraction of sp³-hybridized carbons (Fsp3) is 0.158. The Morgan fingerprint density at radius 1 is 0.857 bits per heavy atom. The molecule has 0 aliphatic rings. The minimum Gasteiger partial charge on any atom is -0.207 e. The SMILES string of the molecule is Cc1ccc(F)c(C(Cl)c2ccc(C)c3ccccc23)c1. The third kappa shape index (κ3) is 2.54. The van der Waals surface area contributed by atoms with E-state index in [1.807, 2.05) is 43.3 Å². The van der Waals surface area contributed by atoms with Crippen molar-refractivity contribution in [3.05, 3.63) is 82.7 Å². The van der Waals surface area contributed by atoms with Crippen LogP contribution in [-0.2, 0) is 0 Å². The number of hydrogen-bond acceptors (Lipinski definition) is 0. The van der Waals surface area contributed by atoms with Gasteiger partial charge in [-0.2, -0.15) is 0 Å². The minimum absolute atomic E-state index is 0.259. The summed E-state index contributed by atoms with van der Waals surface area (Å²) < 4.78 is 14.1. The Bertz CT molecular complexity index is 808. The van der Waals surface area contributed by atoms with E-state index in [9.17, 15) is 4.39 Å². The maximum Gasteiger partial charge on any atom is 0.128 e. The van der Waals surface area contributed by atoms with E-state index in [0.29, 0.717) is 5.56 Å². The molecular formula is C19H16ClF. The lowest BCUT2D eigenvalue weighted by Crippen LogP contribution is -1.99. The number of aryl methyl sites for hydroxylation is 2. The largest absolute Gasteiger partial charge is 0.207 e. The first kappa shape index (κ1) is 14.1. The Labute approximate surface area is 129 Å². The second-order valence-corrected chi connectivity index (χ2v) is 5.84. The molecule has 21 heavy (non-hydrogen) atoms. The van der Waals surface area contributed by atoms with Gasteiger partial charge in [-0.25, -0.2) is 4.39 Å². The monoisotopic (exact) mass is 298 g/mol. The zero-order chi connectivity index (χ0) is 15.0. The van der Waals surface area contributed by atoms with Crippen LogP contribution >= 0.6 is 11.6 Å². The van der Waals surface area contributed by atoms with Crippen molar-refractivity contribution in [1.29, 1.82) is 0 Å². The highest BCUT2D eigenvalue weighted by Gasteiger charge is 2.18. The molecule has 3 aromatic carbocycles. The normalized spacial score (nSPS) is 12.6. The third-order valence-electron chi connectivity index (χ3n) is 3.87. The van der Waals surface area contributed by atoms with Crippen LogP contribution in [0.4, 0.5) is 4.39 Å². The van der Waals surface area contributed by atoms with Crippen molar-refractivity contribution >= 4 is 22.4 Å². The number of hydrogen-bond donors (Lipinski definition) is 0. The molecular weight excluding hydrogens is 283 g/mol. The van der Waals surface area contributed by atoms with Crippen molar-refractivity contribution in [2.75, 3.05) is 0 Å². The lowest BCUT2D eigenvalue weighted by Gasteiger charge is -2.16. The smallest absolute Gasteiger partial charge is 0.128 e. The van der Waals surface area contributed by atoms with Gasteiger partial charge < -0.3 is 0 Å². The van der Waals surface area contributed by atoms with E-state index in [-0.39, 0.29) is 5.82 Å². The predicted octanol–water partition coefficient (Wildman–Crippen LogP) is 5.92. The number of alkyl halides is 1. The molecule has 1 unspecified atom stereocenters. The Hall–Kier alpha value is -1.86. The Morgan fingerprint density at radius 3 is 2.33 bits per heavy atom. The van der Waals surface area contributed by atoms with E-state index in [2.05, 4.69) is 13.0 Å². The highest BCUT2D eigenvalue weighted by atomic mass is 35.5. The van der Waals surface area contributed by atoms with Gasteiger partial charge in [0.05, 0.1) is 5.38 Å². The summed E-state index contributed by atoms with van der Waals surface area (Å²) in [6.07, 6.45) is 0. The molecule has 0 saturated carbocycles. The molecule has 106 valence electrons. The summed E-state index contributed by atoms with van der Waals surface area (Å²) >= 11 is 6.60. The highest BCUT2D eigenvalue weighted by Crippen LogP contribution is 2.36. The van der Waals surface area contributed by atoms with Crippen LogP contribution in [0, 0.1) is 19.7 Å². The van der Waals surface area contributed by atoms with Crippen molar-refractivity contribution in [2.45, 2.75) is 19.2 Å². The number of fused-ring (bicyclic) bond motifs is 1. The molecule has 0 heterocycles. The van der Waals surface area contributed by atoms with Crippen LogP contribution in [0.2, 0.25) is 0 Å². The van der Waals surface area contributed by atoms with Crippen LogP contribution in [0.5, 0.6) is 0 Å². The van der Waals surface area contributed by atoms with Gasteiger partial charge in [-0.05, 0) is 41.8 Å². The summed E-state index contributed by atoms with van der Waals surface area (Å²) in [5.74, 6) is -0.259. The summed E-state index contributed by atoms with van der Waals surface area (Å²) in [5, 5.41) is 1.75. The van der Waals surface area contributed by atoms with Crippen LogP contribution in [0.25, 0.3) is 10.8 Å². The summed E-state index contributed by atoms with van der Waals surface area (Å²) in [6, 6.07) is 17.2. The van der Waals surface area contributed by atoms with Gasteiger partial charge in [-0.1, -0.05) is 54.1 Å². The number of benzene rings is 3. The predicted molar refractivity (Wildman–Crippen MR) is 87.5 cm³/mol. The summed E-state index contributed by atoms with van der Waals surface area (Å²) in [7, 11) is 0. The molecule has 0 nitrogen and oxygen atoms in total. The van der Waals surface area contributed by atoms with Gasteiger partial charge in [-0.15, -0.1) is 11.6 Å². The molecule has 0 aliphatic heterocycles. The molecule has 2 heteroatoms. The van der Waals surface area contributed by atoms with E-state index in [4.69, 9.17) is 11.6 Å². The fourth-order valence-corrected chi connectivity index (χ4v) is 3.08. The van der Waals surface area contributed by atoms with Crippen LogP contribution in [0.3, 0.4) is 0 Å². The summed E-state index contributed by atoms with van der Waals surface area (Å²) in [6.45, 7) is 4.02. The van der Waals surface area contributed by atoms with Crippen LogP contribution in [0.15, 0.2) is 54.6 Å². The zero-order valence-electron chi connectivity index (χ0n) is 12.0. The first-order valence-electron chi connectivity index (χ1n) is 6.96. The van der Waals surface area contributed by atoms with Gasteiger partial charge in [-0.3, -0.25) is 0 Å². The first-order chi connectivity index (χ1) is 10.1. The van der Waals surface area contributed by atoms with E-state index in [1.165, 1.54) is 11.6 Å². The van der Waals surface area contributed by atoms with Gasteiger partial charge >= 0.3 is 0 Å². The van der Waals surface area contributed by atoms with Crippen LogP contribution in [0.1, 0.15) is 27.6 Å². The maximum atomic E-state index is 14.1. The fourth-order valence-electron chi connectivity index (χ4n) is 2.72. The molecule has 0 bridgehead atoms. The van der Waals surface area contributed by atoms with Crippen molar-refractivity contribution in [3.63, 3.8) is 0 Å². The van der Waals surface area contributed by atoms with Crippen LogP contribution < -0.4 is 0 Å². The molecule has 3 aromatic rings. The van der Waals surface area contributed by atoms with E-state index in [1.54, 1.807) is 6.07 Å². The second kappa shape index (κ2) is 5.50. The third-order valence-corrected chi connectivity index (χ3v) is 4.34. The van der Waals surface area contributed by atoms with Crippen molar-refractivity contribution < 1.29 is 4.39 Å². The standard InChI is InChI=1S/C19H16ClF/c1-12-7-10-18(21)17(11-12)19(20)16-9-8-13(2)14-5-3-4-6-15(14)16/h3-11,19H,1-2H3. The molecule has 3 rings (SSSR count). The van der Waals surface area contributed by atoms with E-state index >= 15 is 0 Å². The molecule has 0 spiro atoms. The van der Waals surface area contributed by atoms with Crippen molar-refractivity contribution in [2.24, 2.45) is 0 Å². The van der Waals surface area contributed by atoms with Gasteiger partial charge in [0.2, 0.25) is 0 Å². The van der Waals surface area contributed by atoms with Gasteiger partial charge in [0.1, 0.15) is 5.82 Å². The van der Waals surface area contributed by atoms with Crippen molar-refractivity contribution in [1.82, 2.24) is 0 Å². The Kier molecular flexibility index (Phi) is 3.69. The van der Waals surface area contributed by atoms with E-state index in [0.717, 1.165) is 21.9 Å². The van der Waals surface area contributed by atoms with Crippen LogP contribution in [-0.4, -0.2) is 0 Å². The Morgan fingerprint density at radius 2 is 1.57 bits per heavy atom. The topological polar surface area (TPSA) is 0 Å². The highest BCUT2D eigenvalue weighted by molar-refractivity contribution is 6.23. The summed E-state index contributed by atoms with van der Waals surface area (Å²) in [4.78, 5) is 0. The van der Waals surface area contributed by atoms with E-state index < -0.39 is 5.38 Å². The lowest BCUT2D eigenvalue weighted by atomic mass is 9.94.